The van der Waals surface area contributed by atoms with Gasteiger partial charge in [-0.25, -0.2) is 4.79 Å². The van der Waals surface area contributed by atoms with Crippen molar-refractivity contribution in [3.8, 4) is 5.75 Å². The number of carboxylic acid groups (broad SMARTS) is 1. The van der Waals surface area contributed by atoms with Crippen molar-refractivity contribution < 1.29 is 14.6 Å². The van der Waals surface area contributed by atoms with Crippen LogP contribution in [0.4, 0.5) is 0 Å². The highest BCUT2D eigenvalue weighted by molar-refractivity contribution is 5.94. The molecular weight excluding hydrogens is 434 g/mol. The second kappa shape index (κ2) is 9.40. The lowest BCUT2D eigenvalue weighted by Gasteiger charge is -2.27. The quantitative estimate of drug-likeness (QED) is 0.326. The number of ether oxygens (including phenoxy) is 1. The lowest BCUT2D eigenvalue weighted by Crippen LogP contribution is -2.22. The summed E-state index contributed by atoms with van der Waals surface area (Å²) in [6.45, 7) is 6.73. The SMILES string of the molecule is Cc1c(C(=O)O)cccc1C1=CC(C)Oc2cccc(CN[C@H](C)c3cccc4ccccc34)c21. The first-order valence-electron chi connectivity index (χ1n) is 12.0. The molecule has 5 rings (SSSR count). The van der Waals surface area contributed by atoms with Crippen LogP contribution >= 0.6 is 0 Å². The third-order valence-electron chi connectivity index (χ3n) is 6.84. The van der Waals surface area contributed by atoms with Gasteiger partial charge < -0.3 is 15.2 Å². The minimum Gasteiger partial charge on any atom is -0.486 e. The van der Waals surface area contributed by atoms with Crippen molar-refractivity contribution in [3.63, 3.8) is 0 Å². The Morgan fingerprint density at radius 3 is 2.57 bits per heavy atom. The van der Waals surface area contributed by atoms with Crippen LogP contribution in [0, 0.1) is 6.92 Å². The summed E-state index contributed by atoms with van der Waals surface area (Å²) in [5.41, 5.74) is 6.44. The third kappa shape index (κ3) is 4.33. The van der Waals surface area contributed by atoms with Gasteiger partial charge in [0.25, 0.3) is 0 Å². The van der Waals surface area contributed by atoms with E-state index < -0.39 is 5.97 Å². The Morgan fingerprint density at radius 2 is 1.74 bits per heavy atom. The van der Waals surface area contributed by atoms with E-state index in [1.807, 2.05) is 38.1 Å². The topological polar surface area (TPSA) is 58.6 Å². The van der Waals surface area contributed by atoms with E-state index >= 15 is 0 Å². The van der Waals surface area contributed by atoms with E-state index in [2.05, 4.69) is 66.8 Å². The summed E-state index contributed by atoms with van der Waals surface area (Å²) in [7, 11) is 0. The Kier molecular flexibility index (Phi) is 6.14. The fourth-order valence-corrected chi connectivity index (χ4v) is 5.06. The molecule has 0 bridgehead atoms. The van der Waals surface area contributed by atoms with Crippen molar-refractivity contribution in [2.45, 2.75) is 39.5 Å². The highest BCUT2D eigenvalue weighted by atomic mass is 16.5. The van der Waals surface area contributed by atoms with Crippen molar-refractivity contribution in [1.29, 1.82) is 0 Å². The molecule has 0 spiro atoms. The minimum atomic E-state index is -0.913. The molecule has 35 heavy (non-hydrogen) atoms. The Labute approximate surface area is 205 Å². The van der Waals surface area contributed by atoms with E-state index in [0.29, 0.717) is 12.1 Å². The van der Waals surface area contributed by atoms with Gasteiger partial charge in [-0.3, -0.25) is 0 Å². The lowest BCUT2D eigenvalue weighted by molar-refractivity contribution is 0.0696. The second-order valence-corrected chi connectivity index (χ2v) is 9.15. The van der Waals surface area contributed by atoms with Crippen molar-refractivity contribution in [2.75, 3.05) is 0 Å². The van der Waals surface area contributed by atoms with Crippen LogP contribution in [0.15, 0.2) is 84.9 Å². The monoisotopic (exact) mass is 463 g/mol. The molecule has 4 heteroatoms. The van der Waals surface area contributed by atoms with Gasteiger partial charge in [-0.15, -0.1) is 0 Å². The van der Waals surface area contributed by atoms with Gasteiger partial charge in [0.05, 0.1) is 5.56 Å². The first-order chi connectivity index (χ1) is 16.9. The largest absolute Gasteiger partial charge is 0.486 e. The zero-order valence-electron chi connectivity index (χ0n) is 20.2. The summed E-state index contributed by atoms with van der Waals surface area (Å²) in [4.78, 5) is 11.8. The molecule has 0 fully saturated rings. The minimum absolute atomic E-state index is 0.108. The van der Waals surface area contributed by atoms with Gasteiger partial charge in [-0.05, 0) is 77.6 Å². The van der Waals surface area contributed by atoms with Crippen LogP contribution in [0.2, 0.25) is 0 Å². The molecule has 4 nitrogen and oxygen atoms in total. The first-order valence-corrected chi connectivity index (χ1v) is 12.0. The van der Waals surface area contributed by atoms with Crippen molar-refractivity contribution in [2.24, 2.45) is 0 Å². The predicted molar refractivity (Wildman–Crippen MR) is 141 cm³/mol. The molecule has 4 aromatic rings. The van der Waals surface area contributed by atoms with Crippen molar-refractivity contribution in [1.82, 2.24) is 5.32 Å². The number of carboxylic acids is 1. The molecule has 4 aromatic carbocycles. The van der Waals surface area contributed by atoms with Gasteiger partial charge in [0.2, 0.25) is 0 Å². The number of benzene rings is 4. The van der Waals surface area contributed by atoms with Crippen LogP contribution in [0.3, 0.4) is 0 Å². The molecule has 2 N–H and O–H groups in total. The van der Waals surface area contributed by atoms with Gasteiger partial charge in [0, 0.05) is 18.2 Å². The van der Waals surface area contributed by atoms with Crippen LogP contribution in [0.5, 0.6) is 5.75 Å². The van der Waals surface area contributed by atoms with Crippen molar-refractivity contribution >= 4 is 22.3 Å². The van der Waals surface area contributed by atoms with Crippen molar-refractivity contribution in [3.05, 3.63) is 118 Å². The molecule has 0 aliphatic carbocycles. The smallest absolute Gasteiger partial charge is 0.335 e. The van der Waals surface area contributed by atoms with Crippen LogP contribution in [-0.2, 0) is 6.54 Å². The molecular formula is C31H29NO3. The van der Waals surface area contributed by atoms with E-state index in [0.717, 1.165) is 33.6 Å². The van der Waals surface area contributed by atoms with Crippen LogP contribution in [0.25, 0.3) is 16.3 Å². The Balaban J connectivity index is 1.51. The average molecular weight is 464 g/mol. The molecule has 0 saturated heterocycles. The molecule has 2 atom stereocenters. The highest BCUT2D eigenvalue weighted by Crippen LogP contribution is 2.40. The van der Waals surface area contributed by atoms with Gasteiger partial charge in [0.1, 0.15) is 11.9 Å². The normalized spacial score (nSPS) is 15.7. The van der Waals surface area contributed by atoms with E-state index in [1.54, 1.807) is 6.07 Å². The van der Waals surface area contributed by atoms with E-state index in [-0.39, 0.29) is 12.1 Å². The lowest BCUT2D eigenvalue weighted by atomic mass is 9.86. The number of hydrogen-bond acceptors (Lipinski definition) is 3. The summed E-state index contributed by atoms with van der Waals surface area (Å²) in [5.74, 6) is -0.0867. The Bertz CT molecular complexity index is 1450. The summed E-state index contributed by atoms with van der Waals surface area (Å²) in [5, 5.41) is 15.9. The molecule has 0 radical (unpaired) electrons. The fourth-order valence-electron chi connectivity index (χ4n) is 5.06. The van der Waals surface area contributed by atoms with Gasteiger partial charge in [-0.1, -0.05) is 66.7 Å². The maximum Gasteiger partial charge on any atom is 0.335 e. The number of rotatable bonds is 6. The summed E-state index contributed by atoms with van der Waals surface area (Å²) < 4.78 is 6.17. The molecule has 176 valence electrons. The number of aromatic carboxylic acids is 1. The molecule has 0 saturated carbocycles. The van der Waals surface area contributed by atoms with Crippen LogP contribution < -0.4 is 10.1 Å². The average Bonchev–Trinajstić information content (AvgIpc) is 2.86. The van der Waals surface area contributed by atoms with Crippen LogP contribution in [-0.4, -0.2) is 17.2 Å². The number of fused-ring (bicyclic) bond motifs is 2. The Hall–Kier alpha value is -3.89. The third-order valence-corrected chi connectivity index (χ3v) is 6.84. The molecule has 1 heterocycles. The molecule has 1 unspecified atom stereocenters. The summed E-state index contributed by atoms with van der Waals surface area (Å²) in [6.07, 6.45) is 1.98. The van der Waals surface area contributed by atoms with Gasteiger partial charge >= 0.3 is 5.97 Å². The molecule has 0 amide bonds. The number of carbonyl (C=O) groups is 1. The number of nitrogens with one attached hydrogen (secondary N) is 1. The second-order valence-electron chi connectivity index (χ2n) is 9.15. The maximum atomic E-state index is 11.8. The fraction of sp³-hybridized carbons (Fsp3) is 0.194. The molecule has 1 aliphatic heterocycles. The zero-order chi connectivity index (χ0) is 24.5. The van der Waals surface area contributed by atoms with E-state index in [9.17, 15) is 9.90 Å². The van der Waals surface area contributed by atoms with E-state index in [1.165, 1.54) is 16.3 Å². The molecule has 1 aliphatic rings. The summed E-state index contributed by atoms with van der Waals surface area (Å²) in [6, 6.07) is 26.6. The maximum absolute atomic E-state index is 11.8. The number of hydrogen-bond donors (Lipinski definition) is 2. The first kappa shape index (κ1) is 22.9. The van der Waals surface area contributed by atoms with Gasteiger partial charge in [-0.2, -0.15) is 0 Å². The van der Waals surface area contributed by atoms with Gasteiger partial charge in [0.15, 0.2) is 0 Å². The summed E-state index contributed by atoms with van der Waals surface area (Å²) >= 11 is 0. The highest BCUT2D eigenvalue weighted by Gasteiger charge is 2.25. The predicted octanol–water partition coefficient (Wildman–Crippen LogP) is 6.91. The molecule has 0 aromatic heterocycles. The Morgan fingerprint density at radius 1 is 1.00 bits per heavy atom. The van der Waals surface area contributed by atoms with E-state index in [4.69, 9.17) is 4.74 Å². The van der Waals surface area contributed by atoms with Crippen LogP contribution in [0.1, 0.15) is 58.1 Å². The zero-order valence-corrected chi connectivity index (χ0v) is 20.2. The standard InChI is InChI=1S/C31H29NO3/c1-19-17-28(24-13-8-14-25(20(24)2)31(33)34)30-23(11-7-16-29(30)35-19)18-32-21(3)26-15-6-10-22-9-4-5-12-27(22)26/h4-17,19,21,32H,18H2,1-3H3,(H,33,34)/t19?,21-/m1/s1.